The molecule has 6 heteroatoms. The molecule has 0 aromatic heterocycles. The molecule has 1 saturated heterocycles. The number of carbonyl (C=O) groups is 1. The van der Waals surface area contributed by atoms with E-state index in [-0.39, 0.29) is 23.7 Å². The molecule has 1 saturated carbocycles. The smallest absolute Gasteiger partial charge is 0.223 e. The highest BCUT2D eigenvalue weighted by Gasteiger charge is 2.27. The number of oxime groups is 1. The van der Waals surface area contributed by atoms with E-state index in [1.165, 1.54) is 12.8 Å². The van der Waals surface area contributed by atoms with Gasteiger partial charge in [-0.15, -0.1) is 0 Å². The number of hydrogen-bond donors (Lipinski definition) is 3. The molecule has 1 heterocycles. The number of amides is 1. The minimum absolute atomic E-state index is 0.219. The van der Waals surface area contributed by atoms with Gasteiger partial charge in [-0.2, -0.15) is 0 Å². The monoisotopic (exact) mass is 296 g/mol. The summed E-state index contributed by atoms with van der Waals surface area (Å²) in [5.41, 5.74) is 5.52. The number of amidine groups is 1. The van der Waals surface area contributed by atoms with E-state index in [0.717, 1.165) is 44.7 Å². The molecule has 1 aliphatic carbocycles. The van der Waals surface area contributed by atoms with E-state index in [1.54, 1.807) is 0 Å². The Morgan fingerprint density at radius 2 is 1.86 bits per heavy atom. The van der Waals surface area contributed by atoms with Crippen LogP contribution < -0.4 is 11.1 Å². The highest BCUT2D eigenvalue weighted by Crippen LogP contribution is 2.28. The summed E-state index contributed by atoms with van der Waals surface area (Å²) in [6, 6.07) is 0.278. The lowest BCUT2D eigenvalue weighted by atomic mass is 9.82. The first-order chi connectivity index (χ1) is 10.1. The molecule has 0 aromatic carbocycles. The Hall–Kier alpha value is -1.30. The van der Waals surface area contributed by atoms with E-state index in [1.807, 2.05) is 0 Å². The van der Waals surface area contributed by atoms with Crippen molar-refractivity contribution in [2.45, 2.75) is 51.5 Å². The van der Waals surface area contributed by atoms with Crippen LogP contribution in [0.5, 0.6) is 0 Å². The summed E-state index contributed by atoms with van der Waals surface area (Å²) in [5.74, 6) is 1.48. The molecule has 2 fully saturated rings. The summed E-state index contributed by atoms with van der Waals surface area (Å²) in [4.78, 5) is 14.4. The lowest BCUT2D eigenvalue weighted by molar-refractivity contribution is -0.127. The van der Waals surface area contributed by atoms with E-state index in [9.17, 15) is 4.79 Å². The summed E-state index contributed by atoms with van der Waals surface area (Å²) in [5, 5.41) is 14.8. The zero-order valence-corrected chi connectivity index (χ0v) is 12.9. The highest BCUT2D eigenvalue weighted by molar-refractivity contribution is 5.81. The van der Waals surface area contributed by atoms with Crippen LogP contribution in [0.4, 0.5) is 0 Å². The molecule has 120 valence electrons. The number of nitrogens with zero attached hydrogens (tertiary/aromatic N) is 2. The second-order valence-electron chi connectivity index (χ2n) is 6.61. The molecule has 0 aromatic rings. The van der Waals surface area contributed by atoms with Gasteiger partial charge in [0.2, 0.25) is 5.91 Å². The Labute approximate surface area is 126 Å². The second-order valence-corrected chi connectivity index (χ2v) is 6.61. The van der Waals surface area contributed by atoms with Crippen molar-refractivity contribution >= 4 is 11.7 Å². The first-order valence-corrected chi connectivity index (χ1v) is 8.07. The molecular formula is C15H28N4O2. The van der Waals surface area contributed by atoms with Gasteiger partial charge in [0, 0.05) is 25.0 Å². The third-order valence-electron chi connectivity index (χ3n) is 4.83. The average Bonchev–Trinajstić information content (AvgIpc) is 2.49. The van der Waals surface area contributed by atoms with E-state index in [0.29, 0.717) is 6.54 Å². The van der Waals surface area contributed by atoms with Crippen LogP contribution in [0.25, 0.3) is 0 Å². The summed E-state index contributed by atoms with van der Waals surface area (Å²) in [7, 11) is 0. The van der Waals surface area contributed by atoms with Crippen molar-refractivity contribution in [2.75, 3.05) is 19.6 Å². The molecule has 1 amide bonds. The van der Waals surface area contributed by atoms with Crippen molar-refractivity contribution in [2.24, 2.45) is 22.7 Å². The molecule has 0 atom stereocenters. The number of piperidine rings is 1. The molecule has 4 N–H and O–H groups in total. The quantitative estimate of drug-likeness (QED) is 0.314. The van der Waals surface area contributed by atoms with Gasteiger partial charge in [-0.1, -0.05) is 12.1 Å². The van der Waals surface area contributed by atoms with Crippen molar-refractivity contribution in [3.8, 4) is 0 Å². The molecule has 0 spiro atoms. The third kappa shape index (κ3) is 4.88. The van der Waals surface area contributed by atoms with Crippen LogP contribution >= 0.6 is 0 Å². The minimum Gasteiger partial charge on any atom is -0.409 e. The third-order valence-corrected chi connectivity index (χ3v) is 4.83. The lowest BCUT2D eigenvalue weighted by Gasteiger charge is -2.33. The van der Waals surface area contributed by atoms with Gasteiger partial charge in [-0.3, -0.25) is 9.69 Å². The van der Waals surface area contributed by atoms with Gasteiger partial charge in [0.15, 0.2) is 5.84 Å². The standard InChI is InChI=1S/C15H28N4O2/c1-11-2-4-12(5-3-11)15(20)17-13-6-8-19(9-7-13)10-14(16)18-21/h11-13,21H,2-10H2,1H3,(H2,16,18)(H,17,20). The Bertz CT molecular complexity index is 370. The van der Waals surface area contributed by atoms with Crippen molar-refractivity contribution in [3.05, 3.63) is 0 Å². The highest BCUT2D eigenvalue weighted by atomic mass is 16.4. The summed E-state index contributed by atoms with van der Waals surface area (Å²) < 4.78 is 0. The van der Waals surface area contributed by atoms with Crippen molar-refractivity contribution in [3.63, 3.8) is 0 Å². The fraction of sp³-hybridized carbons (Fsp3) is 0.867. The van der Waals surface area contributed by atoms with Crippen molar-refractivity contribution in [1.82, 2.24) is 10.2 Å². The molecular weight excluding hydrogens is 268 g/mol. The second kappa shape index (κ2) is 7.64. The summed E-state index contributed by atoms with van der Waals surface area (Å²) >= 11 is 0. The number of nitrogens with one attached hydrogen (secondary N) is 1. The number of rotatable bonds is 4. The molecule has 1 aliphatic heterocycles. The molecule has 0 radical (unpaired) electrons. The van der Waals surface area contributed by atoms with Gasteiger partial charge in [0.25, 0.3) is 0 Å². The van der Waals surface area contributed by atoms with E-state index in [4.69, 9.17) is 10.9 Å². The predicted octanol–water partition coefficient (Wildman–Crippen LogP) is 1.14. The fourth-order valence-corrected chi connectivity index (χ4v) is 3.34. The van der Waals surface area contributed by atoms with Crippen LogP contribution in [0.15, 0.2) is 5.16 Å². The van der Waals surface area contributed by atoms with Gasteiger partial charge < -0.3 is 16.3 Å². The number of hydrogen-bond acceptors (Lipinski definition) is 4. The maximum Gasteiger partial charge on any atom is 0.223 e. The topological polar surface area (TPSA) is 91.0 Å². The molecule has 2 rings (SSSR count). The normalized spacial score (nSPS) is 29.3. The zero-order valence-electron chi connectivity index (χ0n) is 12.9. The molecule has 2 aliphatic rings. The van der Waals surface area contributed by atoms with Gasteiger partial charge in [0.1, 0.15) is 0 Å². The maximum absolute atomic E-state index is 12.3. The average molecular weight is 296 g/mol. The van der Waals surface area contributed by atoms with Crippen LogP contribution in [0, 0.1) is 11.8 Å². The Kier molecular flexibility index (Phi) is 5.85. The Morgan fingerprint density at radius 3 is 2.43 bits per heavy atom. The zero-order chi connectivity index (χ0) is 15.2. The van der Waals surface area contributed by atoms with Crippen LogP contribution in [0.2, 0.25) is 0 Å². The Morgan fingerprint density at radius 1 is 1.24 bits per heavy atom. The predicted molar refractivity (Wildman–Crippen MR) is 82.1 cm³/mol. The number of carbonyl (C=O) groups excluding carboxylic acids is 1. The van der Waals surface area contributed by atoms with Gasteiger partial charge in [0.05, 0.1) is 6.54 Å². The summed E-state index contributed by atoms with van der Waals surface area (Å²) in [6.45, 7) is 4.52. The molecule has 0 bridgehead atoms. The largest absolute Gasteiger partial charge is 0.409 e. The maximum atomic E-state index is 12.3. The van der Waals surface area contributed by atoms with Crippen LogP contribution in [0.1, 0.15) is 45.4 Å². The first kappa shape index (κ1) is 16.1. The van der Waals surface area contributed by atoms with E-state index in [2.05, 4.69) is 22.3 Å². The van der Waals surface area contributed by atoms with Crippen LogP contribution in [-0.4, -0.2) is 47.5 Å². The van der Waals surface area contributed by atoms with Gasteiger partial charge >= 0.3 is 0 Å². The molecule has 0 unspecified atom stereocenters. The summed E-state index contributed by atoms with van der Waals surface area (Å²) in [6.07, 6.45) is 6.30. The van der Waals surface area contributed by atoms with Gasteiger partial charge in [-0.25, -0.2) is 0 Å². The van der Waals surface area contributed by atoms with Crippen LogP contribution in [-0.2, 0) is 4.79 Å². The SMILES string of the molecule is CC1CCC(C(=O)NC2CCN(CC(N)=NO)CC2)CC1. The van der Waals surface area contributed by atoms with Crippen LogP contribution in [0.3, 0.4) is 0 Å². The van der Waals surface area contributed by atoms with E-state index >= 15 is 0 Å². The molecule has 6 nitrogen and oxygen atoms in total. The van der Waals surface area contributed by atoms with Crippen molar-refractivity contribution < 1.29 is 10.0 Å². The number of likely N-dealkylation sites (tertiary alicyclic amines) is 1. The van der Waals surface area contributed by atoms with Gasteiger partial charge in [-0.05, 0) is 44.4 Å². The molecule has 21 heavy (non-hydrogen) atoms. The van der Waals surface area contributed by atoms with E-state index < -0.39 is 0 Å². The van der Waals surface area contributed by atoms with Crippen molar-refractivity contribution in [1.29, 1.82) is 0 Å². The fourth-order valence-electron chi connectivity index (χ4n) is 3.34. The Balaban J connectivity index is 1.69. The number of nitrogens with two attached hydrogens (primary N) is 1. The minimum atomic E-state index is 0.219. The lowest BCUT2D eigenvalue weighted by Crippen LogP contribution is -2.48. The first-order valence-electron chi connectivity index (χ1n) is 8.07.